The highest BCUT2D eigenvalue weighted by atomic mass is 16.5. The normalized spacial score (nSPS) is 18.6. The molecule has 0 aromatic heterocycles. The van der Waals surface area contributed by atoms with Crippen LogP contribution in [0.25, 0.3) is 0 Å². The molecule has 2 amide bonds. The molecule has 0 aliphatic carbocycles. The van der Waals surface area contributed by atoms with Gasteiger partial charge < -0.3 is 20.7 Å². The molecule has 1 saturated heterocycles. The summed E-state index contributed by atoms with van der Waals surface area (Å²) in [5, 5.41) is 2.77. The monoisotopic (exact) mass is 277 g/mol. The van der Waals surface area contributed by atoms with Crippen molar-refractivity contribution in [2.45, 2.75) is 19.4 Å². The number of nitrogen functional groups attached to an aromatic ring is 1. The van der Waals surface area contributed by atoms with Crippen LogP contribution in [0.1, 0.15) is 23.7 Å². The molecular weight excluding hydrogens is 258 g/mol. The summed E-state index contributed by atoms with van der Waals surface area (Å²) in [6.45, 7) is 2.85. The summed E-state index contributed by atoms with van der Waals surface area (Å²) in [5.41, 5.74) is 6.64. The van der Waals surface area contributed by atoms with Crippen molar-refractivity contribution in [3.8, 4) is 5.75 Å². The maximum absolute atomic E-state index is 12.6. The molecule has 0 spiro atoms. The minimum Gasteiger partial charge on any atom is -0.496 e. The minimum atomic E-state index is -0.432. The molecule has 2 rings (SSSR count). The van der Waals surface area contributed by atoms with Crippen LogP contribution in [0, 0.1) is 0 Å². The molecule has 1 heterocycles. The number of hydrogen-bond donors (Lipinski definition) is 2. The Morgan fingerprint density at radius 2 is 2.30 bits per heavy atom. The molecule has 6 nitrogen and oxygen atoms in total. The number of rotatable bonds is 3. The number of hydrogen-bond acceptors (Lipinski definition) is 4. The second kappa shape index (κ2) is 5.81. The fourth-order valence-corrected chi connectivity index (χ4v) is 2.40. The SMILES string of the molecule is CCC1C(=O)NCCN1C(=O)c1ccc(N)cc1OC. The first-order valence-corrected chi connectivity index (χ1v) is 6.60. The van der Waals surface area contributed by atoms with E-state index >= 15 is 0 Å². The Hall–Kier alpha value is -2.24. The third kappa shape index (κ3) is 2.54. The predicted molar refractivity (Wildman–Crippen MR) is 75.5 cm³/mol. The van der Waals surface area contributed by atoms with Crippen molar-refractivity contribution in [3.05, 3.63) is 23.8 Å². The number of nitrogens with two attached hydrogens (primary N) is 1. The third-order valence-corrected chi connectivity index (χ3v) is 3.43. The van der Waals surface area contributed by atoms with E-state index in [0.29, 0.717) is 36.5 Å². The zero-order valence-corrected chi connectivity index (χ0v) is 11.7. The summed E-state index contributed by atoms with van der Waals surface area (Å²) in [6.07, 6.45) is 0.578. The van der Waals surface area contributed by atoms with Gasteiger partial charge in [-0.25, -0.2) is 0 Å². The van der Waals surface area contributed by atoms with Crippen LogP contribution in [0.3, 0.4) is 0 Å². The summed E-state index contributed by atoms with van der Waals surface area (Å²) in [4.78, 5) is 26.0. The number of benzene rings is 1. The van der Waals surface area contributed by atoms with Gasteiger partial charge in [0, 0.05) is 24.8 Å². The molecule has 1 aliphatic rings. The Morgan fingerprint density at radius 1 is 1.55 bits per heavy atom. The Balaban J connectivity index is 2.32. The van der Waals surface area contributed by atoms with E-state index in [0.717, 1.165) is 0 Å². The number of amides is 2. The van der Waals surface area contributed by atoms with Gasteiger partial charge in [0.1, 0.15) is 11.8 Å². The van der Waals surface area contributed by atoms with Gasteiger partial charge in [-0.1, -0.05) is 6.92 Å². The molecule has 1 fully saturated rings. The van der Waals surface area contributed by atoms with Crippen LogP contribution >= 0.6 is 0 Å². The van der Waals surface area contributed by atoms with Crippen LogP contribution in [0.4, 0.5) is 5.69 Å². The Bertz CT molecular complexity index is 530. The highest BCUT2D eigenvalue weighted by molar-refractivity contribution is 6.00. The van der Waals surface area contributed by atoms with Crippen LogP contribution in [-0.4, -0.2) is 43.0 Å². The number of carbonyl (C=O) groups excluding carboxylic acids is 2. The lowest BCUT2D eigenvalue weighted by molar-refractivity contribution is -0.127. The third-order valence-electron chi connectivity index (χ3n) is 3.43. The van der Waals surface area contributed by atoms with Crippen LogP contribution in [0.5, 0.6) is 5.75 Å². The first-order valence-electron chi connectivity index (χ1n) is 6.60. The molecule has 3 N–H and O–H groups in total. The van der Waals surface area contributed by atoms with E-state index in [4.69, 9.17) is 10.5 Å². The molecular formula is C14H19N3O3. The van der Waals surface area contributed by atoms with E-state index in [-0.39, 0.29) is 11.8 Å². The highest BCUT2D eigenvalue weighted by Crippen LogP contribution is 2.24. The van der Waals surface area contributed by atoms with Crippen molar-refractivity contribution in [2.75, 3.05) is 25.9 Å². The molecule has 1 atom stereocenters. The van der Waals surface area contributed by atoms with Crippen molar-refractivity contribution in [3.63, 3.8) is 0 Å². The topological polar surface area (TPSA) is 84.7 Å². The molecule has 108 valence electrons. The van der Waals surface area contributed by atoms with E-state index in [9.17, 15) is 9.59 Å². The maximum Gasteiger partial charge on any atom is 0.258 e. The van der Waals surface area contributed by atoms with Crippen molar-refractivity contribution in [1.82, 2.24) is 10.2 Å². The van der Waals surface area contributed by atoms with Gasteiger partial charge in [-0.15, -0.1) is 0 Å². The van der Waals surface area contributed by atoms with Gasteiger partial charge >= 0.3 is 0 Å². The average molecular weight is 277 g/mol. The van der Waals surface area contributed by atoms with E-state index in [1.165, 1.54) is 7.11 Å². The van der Waals surface area contributed by atoms with E-state index in [1.807, 2.05) is 6.92 Å². The van der Waals surface area contributed by atoms with Gasteiger partial charge in [0.05, 0.1) is 12.7 Å². The summed E-state index contributed by atoms with van der Waals surface area (Å²) in [5.74, 6) is 0.112. The van der Waals surface area contributed by atoms with Gasteiger partial charge in [0.15, 0.2) is 0 Å². The van der Waals surface area contributed by atoms with E-state index in [2.05, 4.69) is 5.32 Å². The first kappa shape index (κ1) is 14.2. The molecule has 1 aliphatic heterocycles. The molecule has 20 heavy (non-hydrogen) atoms. The maximum atomic E-state index is 12.6. The molecule has 1 aromatic carbocycles. The number of methoxy groups -OCH3 is 1. The summed E-state index contributed by atoms with van der Waals surface area (Å²) in [6, 6.07) is 4.47. The number of nitrogens with one attached hydrogen (secondary N) is 1. The smallest absolute Gasteiger partial charge is 0.258 e. The van der Waals surface area contributed by atoms with Gasteiger partial charge in [0.25, 0.3) is 5.91 Å². The standard InChI is InChI=1S/C14H19N3O3/c1-3-11-13(18)16-6-7-17(11)14(19)10-5-4-9(15)8-12(10)20-2/h4-5,8,11H,3,6-7,15H2,1-2H3,(H,16,18). The number of carbonyl (C=O) groups is 2. The van der Waals surface area contributed by atoms with Crippen LogP contribution in [0.2, 0.25) is 0 Å². The quantitative estimate of drug-likeness (QED) is 0.794. The molecule has 0 bridgehead atoms. The molecule has 1 aromatic rings. The zero-order valence-electron chi connectivity index (χ0n) is 11.7. The van der Waals surface area contributed by atoms with E-state index in [1.54, 1.807) is 23.1 Å². The predicted octanol–water partition coefficient (Wildman–Crippen LogP) is 0.628. The molecule has 0 radical (unpaired) electrons. The van der Waals surface area contributed by atoms with Crippen molar-refractivity contribution in [2.24, 2.45) is 0 Å². The lowest BCUT2D eigenvalue weighted by Gasteiger charge is -2.34. The number of ether oxygens (including phenoxy) is 1. The van der Waals surface area contributed by atoms with Crippen molar-refractivity contribution in [1.29, 1.82) is 0 Å². The van der Waals surface area contributed by atoms with Crippen molar-refractivity contribution >= 4 is 17.5 Å². The summed E-state index contributed by atoms with van der Waals surface area (Å²) in [7, 11) is 1.49. The Morgan fingerprint density at radius 3 is 2.95 bits per heavy atom. The lowest BCUT2D eigenvalue weighted by atomic mass is 10.1. The molecule has 6 heteroatoms. The van der Waals surface area contributed by atoms with Gasteiger partial charge in [-0.2, -0.15) is 0 Å². The molecule has 0 saturated carbocycles. The van der Waals surface area contributed by atoms with Crippen molar-refractivity contribution < 1.29 is 14.3 Å². The van der Waals surface area contributed by atoms with Crippen LogP contribution in [0.15, 0.2) is 18.2 Å². The highest BCUT2D eigenvalue weighted by Gasteiger charge is 2.33. The molecule has 1 unspecified atom stereocenters. The largest absolute Gasteiger partial charge is 0.496 e. The van der Waals surface area contributed by atoms with Gasteiger partial charge in [-0.3, -0.25) is 9.59 Å². The zero-order chi connectivity index (χ0) is 14.7. The van der Waals surface area contributed by atoms with Gasteiger partial charge in [0.2, 0.25) is 5.91 Å². The summed E-state index contributed by atoms with van der Waals surface area (Å²) >= 11 is 0. The minimum absolute atomic E-state index is 0.110. The number of nitrogens with zero attached hydrogens (tertiary/aromatic N) is 1. The lowest BCUT2D eigenvalue weighted by Crippen LogP contribution is -2.56. The second-order valence-corrected chi connectivity index (χ2v) is 4.67. The average Bonchev–Trinajstić information content (AvgIpc) is 2.46. The fraction of sp³-hybridized carbons (Fsp3) is 0.429. The summed E-state index contributed by atoms with van der Waals surface area (Å²) < 4.78 is 5.21. The Labute approximate surface area is 117 Å². The first-order chi connectivity index (χ1) is 9.58. The van der Waals surface area contributed by atoms with E-state index < -0.39 is 6.04 Å². The van der Waals surface area contributed by atoms with Crippen LogP contribution in [-0.2, 0) is 4.79 Å². The Kier molecular flexibility index (Phi) is 4.12. The fourth-order valence-electron chi connectivity index (χ4n) is 2.40. The second-order valence-electron chi connectivity index (χ2n) is 4.67. The van der Waals surface area contributed by atoms with Crippen LogP contribution < -0.4 is 15.8 Å². The van der Waals surface area contributed by atoms with Gasteiger partial charge in [-0.05, 0) is 18.6 Å². The number of piperazine rings is 1. The number of anilines is 1.